The van der Waals surface area contributed by atoms with Crippen molar-refractivity contribution in [3.8, 4) is 44.6 Å². The highest BCUT2D eigenvalue weighted by atomic mass is 14.7. The van der Waals surface area contributed by atoms with Crippen molar-refractivity contribution in [1.29, 1.82) is 0 Å². The molecule has 9 aromatic rings. The molecule has 1 heteroatoms. The Labute approximate surface area is 403 Å². The standard InChI is InChI=1S/C67H61N/c1-8-66(9-2)59-38-50(47-19-18-44-34-43(16-17-45(44)35-47)46-20-21-49-37-54(65(5,6)7)28-22-48(49)36-46)23-29-55(59)56-30-24-51(39-60(56)66)52-25-31-57-58-32-26-53(41-62(58)67(10-3,11-4)61(57)40-52)64-33-27-42-14-12-13-15-63(42)68-64/h12-23,25-29,31-41H,8-11,24,30H2,1-7H3. The molecule has 3 aliphatic rings. The monoisotopic (exact) mass is 879 g/mol. The van der Waals surface area contributed by atoms with Gasteiger partial charge in [0.05, 0.1) is 11.2 Å². The van der Waals surface area contributed by atoms with Gasteiger partial charge in [-0.1, -0.05) is 170 Å². The molecule has 3 aliphatic carbocycles. The Bertz CT molecular complexity index is 3600. The van der Waals surface area contributed by atoms with Crippen molar-refractivity contribution in [1.82, 2.24) is 4.98 Å². The summed E-state index contributed by atoms with van der Waals surface area (Å²) in [5.74, 6) is 0. The molecule has 0 fully saturated rings. The molecular formula is C67H61N. The van der Waals surface area contributed by atoms with Gasteiger partial charge in [0.25, 0.3) is 0 Å². The number of fused-ring (bicyclic) bond motifs is 8. The number of benzene rings is 8. The van der Waals surface area contributed by atoms with Crippen LogP contribution in [-0.2, 0) is 16.2 Å². The minimum atomic E-state index is -0.0386. The van der Waals surface area contributed by atoms with Gasteiger partial charge in [-0.15, -0.1) is 0 Å². The number of nitrogens with zero attached hydrogens (tertiary/aromatic N) is 1. The van der Waals surface area contributed by atoms with Crippen molar-refractivity contribution >= 4 is 43.6 Å². The number of aromatic nitrogens is 1. The molecule has 12 rings (SSSR count). The predicted octanol–water partition coefficient (Wildman–Crippen LogP) is 18.6. The SMILES string of the molecule is CCC1(CC)C2=C(CCC(c3ccc4c(c3)C(CC)(CC)c3cc(-c5ccc6ccccc6n5)ccc3-4)=C2)c2ccc(-c3ccc4cc(-c5ccc6cc(C(C)(C)C)ccc6c5)ccc4c3)cc21. The second-order valence-electron chi connectivity index (χ2n) is 21.1. The van der Waals surface area contributed by atoms with E-state index in [1.54, 1.807) is 11.1 Å². The van der Waals surface area contributed by atoms with E-state index in [0.29, 0.717) is 0 Å². The van der Waals surface area contributed by atoms with E-state index in [4.69, 9.17) is 4.98 Å². The quantitative estimate of drug-likeness (QED) is 0.148. The van der Waals surface area contributed by atoms with Gasteiger partial charge >= 0.3 is 0 Å². The first-order valence-corrected chi connectivity index (χ1v) is 25.4. The van der Waals surface area contributed by atoms with Crippen molar-refractivity contribution in [2.24, 2.45) is 0 Å². The molecule has 0 bridgehead atoms. The van der Waals surface area contributed by atoms with Crippen LogP contribution in [0.1, 0.15) is 120 Å². The summed E-state index contributed by atoms with van der Waals surface area (Å²) in [6, 6.07) is 62.6. The van der Waals surface area contributed by atoms with Gasteiger partial charge in [0.15, 0.2) is 0 Å². The van der Waals surface area contributed by atoms with Gasteiger partial charge in [0.1, 0.15) is 0 Å². The average Bonchev–Trinajstić information content (AvgIpc) is 3.82. The van der Waals surface area contributed by atoms with Gasteiger partial charge in [0, 0.05) is 21.8 Å². The zero-order valence-corrected chi connectivity index (χ0v) is 40.9. The van der Waals surface area contributed by atoms with Gasteiger partial charge in [-0.2, -0.15) is 0 Å². The predicted molar refractivity (Wildman–Crippen MR) is 291 cm³/mol. The molecule has 0 unspecified atom stereocenters. The zero-order chi connectivity index (χ0) is 46.5. The summed E-state index contributed by atoms with van der Waals surface area (Å²) in [5.41, 5.74) is 24.5. The number of hydrogen-bond acceptors (Lipinski definition) is 1. The van der Waals surface area contributed by atoms with Crippen molar-refractivity contribution in [3.63, 3.8) is 0 Å². The van der Waals surface area contributed by atoms with Gasteiger partial charge < -0.3 is 0 Å². The topological polar surface area (TPSA) is 12.9 Å². The fourth-order valence-corrected chi connectivity index (χ4v) is 12.8. The summed E-state index contributed by atoms with van der Waals surface area (Å²) < 4.78 is 0. The van der Waals surface area contributed by atoms with Gasteiger partial charge in [-0.25, -0.2) is 4.98 Å². The average molecular weight is 880 g/mol. The smallest absolute Gasteiger partial charge is 0.0709 e. The fraction of sp³-hybridized carbons (Fsp3) is 0.239. The van der Waals surface area contributed by atoms with Gasteiger partial charge in [0.2, 0.25) is 0 Å². The minimum Gasteiger partial charge on any atom is -0.248 e. The summed E-state index contributed by atoms with van der Waals surface area (Å²) in [4.78, 5) is 5.10. The molecule has 0 radical (unpaired) electrons. The van der Waals surface area contributed by atoms with E-state index < -0.39 is 0 Å². The lowest BCUT2D eigenvalue weighted by molar-refractivity contribution is 0.485. The first-order valence-electron chi connectivity index (χ1n) is 25.4. The maximum absolute atomic E-state index is 5.10. The number of rotatable bonds is 8. The van der Waals surface area contributed by atoms with Crippen molar-refractivity contribution in [2.45, 2.75) is 103 Å². The van der Waals surface area contributed by atoms with Crippen LogP contribution < -0.4 is 0 Å². The minimum absolute atomic E-state index is 0.0109. The summed E-state index contributed by atoms with van der Waals surface area (Å²) in [5, 5.41) is 6.32. The lowest BCUT2D eigenvalue weighted by Gasteiger charge is -2.33. The lowest BCUT2D eigenvalue weighted by atomic mass is 9.70. The van der Waals surface area contributed by atoms with Crippen LogP contribution in [0.5, 0.6) is 0 Å². The first-order chi connectivity index (χ1) is 33.0. The summed E-state index contributed by atoms with van der Waals surface area (Å²) >= 11 is 0. The number of para-hydroxylation sites is 1. The lowest BCUT2D eigenvalue weighted by Crippen LogP contribution is -2.25. The van der Waals surface area contributed by atoms with E-state index in [1.165, 1.54) is 105 Å². The van der Waals surface area contributed by atoms with Crippen LogP contribution in [0.3, 0.4) is 0 Å². The van der Waals surface area contributed by atoms with E-state index in [0.717, 1.165) is 49.7 Å². The second-order valence-corrected chi connectivity index (χ2v) is 21.1. The van der Waals surface area contributed by atoms with Crippen LogP contribution in [0.15, 0.2) is 175 Å². The summed E-state index contributed by atoms with van der Waals surface area (Å²) in [6.45, 7) is 16.4. The van der Waals surface area contributed by atoms with Gasteiger partial charge in [-0.3, -0.25) is 0 Å². The highest BCUT2D eigenvalue weighted by Crippen LogP contribution is 2.58. The molecule has 68 heavy (non-hydrogen) atoms. The molecule has 1 aromatic heterocycles. The second kappa shape index (κ2) is 15.9. The zero-order valence-electron chi connectivity index (χ0n) is 40.9. The van der Waals surface area contributed by atoms with Crippen LogP contribution >= 0.6 is 0 Å². The first kappa shape index (κ1) is 42.5. The number of allylic oxidation sites excluding steroid dienone is 4. The molecule has 1 nitrogen and oxygen atoms in total. The number of pyridine rings is 1. The molecule has 334 valence electrons. The van der Waals surface area contributed by atoms with Crippen LogP contribution in [0.2, 0.25) is 0 Å². The van der Waals surface area contributed by atoms with Crippen LogP contribution in [0.25, 0.3) is 88.2 Å². The van der Waals surface area contributed by atoms with E-state index >= 15 is 0 Å². The van der Waals surface area contributed by atoms with Crippen molar-refractivity contribution in [3.05, 3.63) is 209 Å². The van der Waals surface area contributed by atoms with Gasteiger partial charge in [-0.05, 0) is 197 Å². The fourth-order valence-electron chi connectivity index (χ4n) is 12.8. The Morgan fingerprint density at radius 2 is 0.912 bits per heavy atom. The van der Waals surface area contributed by atoms with E-state index in [-0.39, 0.29) is 16.2 Å². The molecule has 0 saturated carbocycles. The highest BCUT2D eigenvalue weighted by molar-refractivity contribution is 5.95. The maximum atomic E-state index is 5.10. The molecule has 0 atom stereocenters. The molecular weight excluding hydrogens is 819 g/mol. The third kappa shape index (κ3) is 6.52. The molecule has 0 spiro atoms. The summed E-state index contributed by atoms with van der Waals surface area (Å²) in [6.07, 6.45) is 9.05. The Morgan fingerprint density at radius 1 is 0.426 bits per heavy atom. The summed E-state index contributed by atoms with van der Waals surface area (Å²) in [7, 11) is 0. The van der Waals surface area contributed by atoms with E-state index in [2.05, 4.69) is 218 Å². The molecule has 0 aliphatic heterocycles. The third-order valence-electron chi connectivity index (χ3n) is 16.9. The van der Waals surface area contributed by atoms with Crippen molar-refractivity contribution in [2.75, 3.05) is 0 Å². The number of hydrogen-bond donors (Lipinski definition) is 0. The van der Waals surface area contributed by atoms with Crippen LogP contribution in [0.4, 0.5) is 0 Å². The Hall–Kier alpha value is -6.83. The molecule has 0 amide bonds. The molecule has 0 N–H and O–H groups in total. The Kier molecular flexibility index (Phi) is 9.93. The Morgan fingerprint density at radius 3 is 1.54 bits per heavy atom. The highest BCUT2D eigenvalue weighted by Gasteiger charge is 2.44. The molecule has 0 saturated heterocycles. The van der Waals surface area contributed by atoms with E-state index in [9.17, 15) is 0 Å². The maximum Gasteiger partial charge on any atom is 0.0709 e. The van der Waals surface area contributed by atoms with Crippen LogP contribution in [-0.4, -0.2) is 4.98 Å². The Balaban J connectivity index is 0.848. The van der Waals surface area contributed by atoms with Crippen LogP contribution in [0, 0.1) is 0 Å². The normalized spacial score (nSPS) is 15.7. The van der Waals surface area contributed by atoms with Crippen molar-refractivity contribution < 1.29 is 0 Å². The molecule has 1 heterocycles. The third-order valence-corrected chi connectivity index (χ3v) is 16.9. The molecule has 8 aromatic carbocycles. The van der Waals surface area contributed by atoms with E-state index in [1.807, 2.05) is 0 Å². The largest absolute Gasteiger partial charge is 0.248 e.